The zero-order chi connectivity index (χ0) is 13.4. The van der Waals surface area contributed by atoms with Gasteiger partial charge < -0.3 is 9.84 Å². The highest BCUT2D eigenvalue weighted by Crippen LogP contribution is 2.06. The summed E-state index contributed by atoms with van der Waals surface area (Å²) in [6, 6.07) is 2.90. The molecule has 0 aliphatic rings. The molecule has 1 aromatic rings. The average molecular weight is 274 g/mol. The molecule has 0 saturated carbocycles. The standard InChI is InChI=1S/C11H18N2O4S/c1-2-17-7-3-6-13-18(15,16)11-5-4-10(9-14)8-12-11/h4-5,8,13-14H,2-3,6-7,9H2,1H3. The van der Waals surface area contributed by atoms with Crippen molar-refractivity contribution in [3.8, 4) is 0 Å². The third kappa shape index (κ3) is 4.69. The quantitative estimate of drug-likeness (QED) is 0.665. The second-order valence-corrected chi connectivity index (χ2v) is 5.32. The molecule has 0 bridgehead atoms. The van der Waals surface area contributed by atoms with Crippen LogP contribution in [0.4, 0.5) is 0 Å². The van der Waals surface area contributed by atoms with Crippen molar-refractivity contribution >= 4 is 10.0 Å². The van der Waals surface area contributed by atoms with Crippen LogP contribution in [0.1, 0.15) is 18.9 Å². The van der Waals surface area contributed by atoms with Gasteiger partial charge in [0.1, 0.15) is 0 Å². The fourth-order valence-corrected chi connectivity index (χ4v) is 2.26. The van der Waals surface area contributed by atoms with Crippen molar-refractivity contribution < 1.29 is 18.3 Å². The molecule has 1 rings (SSSR count). The summed E-state index contributed by atoms with van der Waals surface area (Å²) in [6.07, 6.45) is 1.95. The molecule has 0 spiro atoms. The largest absolute Gasteiger partial charge is 0.392 e. The first-order chi connectivity index (χ1) is 8.60. The molecular weight excluding hydrogens is 256 g/mol. The molecule has 0 radical (unpaired) electrons. The summed E-state index contributed by atoms with van der Waals surface area (Å²) >= 11 is 0. The number of aromatic nitrogens is 1. The topological polar surface area (TPSA) is 88.5 Å². The number of nitrogens with one attached hydrogen (secondary N) is 1. The number of nitrogens with zero attached hydrogens (tertiary/aromatic N) is 1. The van der Waals surface area contributed by atoms with Gasteiger partial charge in [0.2, 0.25) is 0 Å². The normalized spacial score (nSPS) is 11.7. The van der Waals surface area contributed by atoms with Crippen LogP contribution in [-0.2, 0) is 21.4 Å². The zero-order valence-electron chi connectivity index (χ0n) is 10.3. The van der Waals surface area contributed by atoms with E-state index in [0.29, 0.717) is 31.7 Å². The number of hydrogen-bond acceptors (Lipinski definition) is 5. The van der Waals surface area contributed by atoms with Gasteiger partial charge in [0.15, 0.2) is 5.03 Å². The van der Waals surface area contributed by atoms with E-state index >= 15 is 0 Å². The molecule has 102 valence electrons. The van der Waals surface area contributed by atoms with Crippen molar-refractivity contribution in [2.45, 2.75) is 25.0 Å². The summed E-state index contributed by atoms with van der Waals surface area (Å²) in [7, 11) is -3.57. The van der Waals surface area contributed by atoms with E-state index in [0.717, 1.165) is 0 Å². The molecule has 0 aliphatic carbocycles. The van der Waals surface area contributed by atoms with Crippen LogP contribution in [0.15, 0.2) is 23.4 Å². The third-order valence-electron chi connectivity index (χ3n) is 2.22. The van der Waals surface area contributed by atoms with E-state index in [1.54, 1.807) is 0 Å². The molecule has 0 aliphatic heterocycles. The Bertz CT molecular complexity index is 445. The van der Waals surface area contributed by atoms with E-state index < -0.39 is 10.0 Å². The van der Waals surface area contributed by atoms with Crippen molar-refractivity contribution in [2.75, 3.05) is 19.8 Å². The molecule has 0 amide bonds. The SMILES string of the molecule is CCOCCCNS(=O)(=O)c1ccc(CO)cn1. The first-order valence-electron chi connectivity index (χ1n) is 5.73. The van der Waals surface area contributed by atoms with Gasteiger partial charge in [-0.2, -0.15) is 0 Å². The number of rotatable bonds is 8. The van der Waals surface area contributed by atoms with Crippen LogP contribution in [0.5, 0.6) is 0 Å². The highest BCUT2D eigenvalue weighted by atomic mass is 32.2. The van der Waals surface area contributed by atoms with Gasteiger partial charge >= 0.3 is 0 Å². The van der Waals surface area contributed by atoms with Gasteiger partial charge in [-0.1, -0.05) is 6.07 Å². The first kappa shape index (κ1) is 15.0. The molecule has 0 unspecified atom stereocenters. The lowest BCUT2D eigenvalue weighted by Crippen LogP contribution is -2.26. The van der Waals surface area contributed by atoms with Crippen LogP contribution in [0.25, 0.3) is 0 Å². The van der Waals surface area contributed by atoms with Crippen LogP contribution in [-0.4, -0.2) is 38.3 Å². The van der Waals surface area contributed by atoms with E-state index in [4.69, 9.17) is 9.84 Å². The lowest BCUT2D eigenvalue weighted by molar-refractivity contribution is 0.146. The van der Waals surface area contributed by atoms with Crippen molar-refractivity contribution in [1.82, 2.24) is 9.71 Å². The fourth-order valence-electron chi connectivity index (χ4n) is 1.26. The lowest BCUT2D eigenvalue weighted by Gasteiger charge is -2.06. The predicted molar refractivity (Wildman–Crippen MR) is 66.5 cm³/mol. The zero-order valence-corrected chi connectivity index (χ0v) is 11.1. The average Bonchev–Trinajstić information content (AvgIpc) is 2.38. The maximum atomic E-state index is 11.8. The van der Waals surface area contributed by atoms with Crippen LogP contribution in [0.2, 0.25) is 0 Å². The van der Waals surface area contributed by atoms with Crippen LogP contribution >= 0.6 is 0 Å². The molecular formula is C11H18N2O4S. The molecule has 1 aromatic heterocycles. The van der Waals surface area contributed by atoms with Gasteiger partial charge in [0.25, 0.3) is 10.0 Å². The molecule has 1 heterocycles. The number of aliphatic hydroxyl groups excluding tert-OH is 1. The van der Waals surface area contributed by atoms with Crippen molar-refractivity contribution in [1.29, 1.82) is 0 Å². The summed E-state index contributed by atoms with van der Waals surface area (Å²) in [4.78, 5) is 3.79. The van der Waals surface area contributed by atoms with Crippen LogP contribution < -0.4 is 4.72 Å². The van der Waals surface area contributed by atoms with E-state index in [1.807, 2.05) is 6.92 Å². The van der Waals surface area contributed by atoms with Gasteiger partial charge in [-0.15, -0.1) is 0 Å². The fraction of sp³-hybridized carbons (Fsp3) is 0.545. The smallest absolute Gasteiger partial charge is 0.258 e. The molecule has 0 aromatic carbocycles. The van der Waals surface area contributed by atoms with Gasteiger partial charge in [0.05, 0.1) is 6.61 Å². The van der Waals surface area contributed by atoms with Crippen molar-refractivity contribution in [3.63, 3.8) is 0 Å². The minimum absolute atomic E-state index is 0.0453. The maximum absolute atomic E-state index is 11.8. The summed E-state index contributed by atoms with van der Waals surface area (Å²) in [6.45, 7) is 3.19. The molecule has 0 saturated heterocycles. The highest BCUT2D eigenvalue weighted by molar-refractivity contribution is 7.89. The van der Waals surface area contributed by atoms with Gasteiger partial charge in [0, 0.05) is 26.0 Å². The Morgan fingerprint density at radius 3 is 2.78 bits per heavy atom. The molecule has 2 N–H and O–H groups in total. The van der Waals surface area contributed by atoms with Gasteiger partial charge in [-0.25, -0.2) is 18.1 Å². The monoisotopic (exact) mass is 274 g/mol. The molecule has 0 fully saturated rings. The molecule has 6 nitrogen and oxygen atoms in total. The molecule has 7 heteroatoms. The van der Waals surface area contributed by atoms with E-state index in [1.165, 1.54) is 18.3 Å². The summed E-state index contributed by atoms with van der Waals surface area (Å²) < 4.78 is 31.1. The summed E-state index contributed by atoms with van der Waals surface area (Å²) in [5.41, 5.74) is 0.574. The highest BCUT2D eigenvalue weighted by Gasteiger charge is 2.14. The van der Waals surface area contributed by atoms with Crippen molar-refractivity contribution in [2.24, 2.45) is 0 Å². The third-order valence-corrected chi connectivity index (χ3v) is 3.59. The Morgan fingerprint density at radius 2 is 2.22 bits per heavy atom. The Balaban J connectivity index is 2.51. The van der Waals surface area contributed by atoms with Gasteiger partial charge in [-0.3, -0.25) is 0 Å². The Morgan fingerprint density at radius 1 is 1.44 bits per heavy atom. The Labute approximate surface area is 107 Å². The van der Waals surface area contributed by atoms with Gasteiger partial charge in [-0.05, 0) is 25.0 Å². The molecule has 0 atom stereocenters. The molecule has 18 heavy (non-hydrogen) atoms. The van der Waals surface area contributed by atoms with Crippen molar-refractivity contribution in [3.05, 3.63) is 23.9 Å². The lowest BCUT2D eigenvalue weighted by atomic mass is 10.3. The first-order valence-corrected chi connectivity index (χ1v) is 7.21. The minimum Gasteiger partial charge on any atom is -0.392 e. The number of hydrogen-bond donors (Lipinski definition) is 2. The Hall–Kier alpha value is -1.02. The van der Waals surface area contributed by atoms with E-state index in [-0.39, 0.29) is 11.6 Å². The number of aliphatic hydroxyl groups is 1. The van der Waals surface area contributed by atoms with Crippen LogP contribution in [0.3, 0.4) is 0 Å². The van der Waals surface area contributed by atoms with Crippen LogP contribution in [0, 0.1) is 0 Å². The van der Waals surface area contributed by atoms with E-state index in [9.17, 15) is 8.42 Å². The second-order valence-electron chi connectivity index (χ2n) is 3.61. The summed E-state index contributed by atoms with van der Waals surface area (Å²) in [5.74, 6) is 0. The second kappa shape index (κ2) is 7.42. The number of sulfonamides is 1. The van der Waals surface area contributed by atoms with E-state index in [2.05, 4.69) is 9.71 Å². The maximum Gasteiger partial charge on any atom is 0.258 e. The Kier molecular flexibility index (Phi) is 6.20. The minimum atomic E-state index is -3.57. The summed E-state index contributed by atoms with van der Waals surface area (Å²) in [5, 5.41) is 8.79. The number of ether oxygens (including phenoxy) is 1. The number of pyridine rings is 1. The predicted octanol–water partition coefficient (Wildman–Crippen LogP) is 0.279.